The number of rotatable bonds is 7. The van der Waals surface area contributed by atoms with Crippen molar-refractivity contribution in [3.05, 3.63) is 23.2 Å². The zero-order valence-corrected chi connectivity index (χ0v) is 13.2. The Morgan fingerprint density at radius 2 is 1.86 bits per heavy atom. The zero-order valence-electron chi connectivity index (χ0n) is 10.8. The molecular weight excluding hydrogens is 344 g/mol. The summed E-state index contributed by atoms with van der Waals surface area (Å²) in [5, 5.41) is 8.52. The molecule has 1 aromatic rings. The van der Waals surface area contributed by atoms with Gasteiger partial charge in [-0.1, -0.05) is 11.6 Å². The minimum Gasteiger partial charge on any atom is -0.481 e. The van der Waals surface area contributed by atoms with Gasteiger partial charge in [0.2, 0.25) is 20.0 Å². The third-order valence-corrected chi connectivity index (χ3v) is 4.33. The minimum atomic E-state index is -3.91. The number of halogens is 1. The SMILES string of the molecule is CS(=O)(=O)Nc1ccc(Cl)c(NS(=O)(=O)CCC(=O)O)c1. The molecule has 1 aromatic carbocycles. The van der Waals surface area contributed by atoms with Gasteiger partial charge in [-0.05, 0) is 18.2 Å². The van der Waals surface area contributed by atoms with Crippen LogP contribution in [-0.4, -0.2) is 39.9 Å². The van der Waals surface area contributed by atoms with Crippen molar-refractivity contribution in [2.75, 3.05) is 21.5 Å². The van der Waals surface area contributed by atoms with Crippen LogP contribution in [0.25, 0.3) is 0 Å². The molecule has 0 bridgehead atoms. The molecule has 1 rings (SSSR count). The monoisotopic (exact) mass is 356 g/mol. The molecule has 0 unspecified atom stereocenters. The molecule has 0 aliphatic rings. The van der Waals surface area contributed by atoms with Crippen LogP contribution in [0.5, 0.6) is 0 Å². The van der Waals surface area contributed by atoms with Crippen LogP contribution in [0.2, 0.25) is 5.02 Å². The standard InChI is InChI=1S/C10H13ClN2O6S2/c1-20(16,17)12-7-2-3-8(11)9(6-7)13-21(18,19)5-4-10(14)15/h2-3,6,12-13H,4-5H2,1H3,(H,14,15). The highest BCUT2D eigenvalue weighted by molar-refractivity contribution is 7.92. The number of carbonyl (C=O) groups is 1. The summed E-state index contributed by atoms with van der Waals surface area (Å²) in [5.74, 6) is -1.87. The van der Waals surface area contributed by atoms with Crippen LogP contribution in [0.1, 0.15) is 6.42 Å². The Labute approximate surface area is 127 Å². The molecule has 0 aliphatic carbocycles. The number of benzene rings is 1. The maximum absolute atomic E-state index is 11.7. The van der Waals surface area contributed by atoms with Crippen molar-refractivity contribution in [3.8, 4) is 0 Å². The van der Waals surface area contributed by atoms with Crippen molar-refractivity contribution in [3.63, 3.8) is 0 Å². The molecule has 0 aliphatic heterocycles. The first-order valence-electron chi connectivity index (χ1n) is 5.48. The molecule has 0 radical (unpaired) electrons. The maximum atomic E-state index is 11.7. The van der Waals surface area contributed by atoms with Crippen LogP contribution >= 0.6 is 11.6 Å². The van der Waals surface area contributed by atoms with Gasteiger partial charge >= 0.3 is 5.97 Å². The van der Waals surface area contributed by atoms with Gasteiger partial charge in [0.1, 0.15) is 0 Å². The van der Waals surface area contributed by atoms with E-state index in [9.17, 15) is 21.6 Å². The summed E-state index contributed by atoms with van der Waals surface area (Å²) < 4.78 is 49.9. The molecule has 0 fully saturated rings. The van der Waals surface area contributed by atoms with Crippen LogP contribution in [0.15, 0.2) is 18.2 Å². The van der Waals surface area contributed by atoms with Gasteiger partial charge < -0.3 is 5.11 Å². The third kappa shape index (κ3) is 6.65. The van der Waals surface area contributed by atoms with Crippen molar-refractivity contribution in [2.45, 2.75) is 6.42 Å². The van der Waals surface area contributed by atoms with Crippen LogP contribution in [0.3, 0.4) is 0 Å². The van der Waals surface area contributed by atoms with Crippen molar-refractivity contribution < 1.29 is 26.7 Å². The Morgan fingerprint density at radius 3 is 2.38 bits per heavy atom. The van der Waals surface area contributed by atoms with Gasteiger partial charge in [0, 0.05) is 0 Å². The summed E-state index contributed by atoms with van der Waals surface area (Å²) in [4.78, 5) is 10.4. The Kier molecular flexibility index (Phi) is 5.42. The fourth-order valence-corrected chi connectivity index (χ4v) is 3.15. The summed E-state index contributed by atoms with van der Waals surface area (Å²) in [6.07, 6.45) is 0.381. The topological polar surface area (TPSA) is 130 Å². The highest BCUT2D eigenvalue weighted by Crippen LogP contribution is 2.27. The predicted octanol–water partition coefficient (Wildman–Crippen LogP) is 0.928. The lowest BCUT2D eigenvalue weighted by atomic mass is 10.3. The maximum Gasteiger partial charge on any atom is 0.304 e. The molecule has 0 atom stereocenters. The lowest BCUT2D eigenvalue weighted by Gasteiger charge is -2.11. The molecule has 118 valence electrons. The van der Waals surface area contributed by atoms with E-state index in [1.54, 1.807) is 0 Å². The van der Waals surface area contributed by atoms with Gasteiger partial charge in [-0.3, -0.25) is 14.2 Å². The Morgan fingerprint density at radius 1 is 1.24 bits per heavy atom. The first-order valence-corrected chi connectivity index (χ1v) is 9.40. The fraction of sp³-hybridized carbons (Fsp3) is 0.300. The van der Waals surface area contributed by atoms with E-state index in [0.717, 1.165) is 6.26 Å². The van der Waals surface area contributed by atoms with Gasteiger partial charge in [-0.15, -0.1) is 0 Å². The Balaban J connectivity index is 2.97. The minimum absolute atomic E-state index is 0.0456. The van der Waals surface area contributed by atoms with Crippen LogP contribution in [-0.2, 0) is 24.8 Å². The number of carboxylic acids is 1. The zero-order chi connectivity index (χ0) is 16.3. The molecule has 11 heteroatoms. The van der Waals surface area contributed by atoms with E-state index in [0.29, 0.717) is 0 Å². The van der Waals surface area contributed by atoms with Crippen molar-refractivity contribution in [2.24, 2.45) is 0 Å². The number of carboxylic acid groups (broad SMARTS) is 1. The van der Waals surface area contributed by atoms with Crippen LogP contribution in [0, 0.1) is 0 Å². The Hall–Kier alpha value is -1.52. The summed E-state index contributed by atoms with van der Waals surface area (Å²) in [7, 11) is -7.43. The molecule has 0 amide bonds. The molecule has 8 nitrogen and oxygen atoms in total. The predicted molar refractivity (Wildman–Crippen MR) is 79.6 cm³/mol. The molecule has 21 heavy (non-hydrogen) atoms. The van der Waals surface area contributed by atoms with E-state index in [4.69, 9.17) is 16.7 Å². The molecular formula is C10H13ClN2O6S2. The second-order valence-electron chi connectivity index (χ2n) is 4.13. The van der Waals surface area contributed by atoms with Gasteiger partial charge in [-0.25, -0.2) is 16.8 Å². The highest BCUT2D eigenvalue weighted by Gasteiger charge is 2.15. The van der Waals surface area contributed by atoms with Gasteiger partial charge in [0.15, 0.2) is 0 Å². The van der Waals surface area contributed by atoms with Crippen molar-refractivity contribution in [1.82, 2.24) is 0 Å². The summed E-state index contributed by atoms with van der Waals surface area (Å²) >= 11 is 5.82. The quantitative estimate of drug-likeness (QED) is 0.666. The number of nitrogens with one attached hydrogen (secondary N) is 2. The molecule has 0 saturated heterocycles. The van der Waals surface area contributed by atoms with E-state index < -0.39 is 38.2 Å². The second-order valence-corrected chi connectivity index (χ2v) is 8.13. The first-order chi connectivity index (χ1) is 9.48. The molecule has 0 aromatic heterocycles. The summed E-state index contributed by atoms with van der Waals surface area (Å²) in [6.45, 7) is 0. The second kappa shape index (κ2) is 6.50. The Bertz CT molecular complexity index is 745. The molecule has 3 N–H and O–H groups in total. The summed E-state index contributed by atoms with van der Waals surface area (Å²) in [6, 6.07) is 3.87. The van der Waals surface area contributed by atoms with E-state index in [1.165, 1.54) is 18.2 Å². The van der Waals surface area contributed by atoms with Crippen molar-refractivity contribution in [1.29, 1.82) is 0 Å². The molecule has 0 spiro atoms. The van der Waals surface area contributed by atoms with E-state index in [2.05, 4.69) is 9.44 Å². The van der Waals surface area contributed by atoms with Gasteiger partial charge in [0.05, 0.1) is 34.8 Å². The van der Waals surface area contributed by atoms with Gasteiger partial charge in [0.25, 0.3) is 0 Å². The first kappa shape index (κ1) is 17.5. The number of hydrogen-bond acceptors (Lipinski definition) is 5. The smallest absolute Gasteiger partial charge is 0.304 e. The van der Waals surface area contributed by atoms with E-state index >= 15 is 0 Å². The number of hydrogen-bond donors (Lipinski definition) is 3. The average molecular weight is 357 g/mol. The highest BCUT2D eigenvalue weighted by atomic mass is 35.5. The van der Waals surface area contributed by atoms with Crippen LogP contribution in [0.4, 0.5) is 11.4 Å². The van der Waals surface area contributed by atoms with Crippen LogP contribution < -0.4 is 9.44 Å². The van der Waals surface area contributed by atoms with E-state index in [-0.39, 0.29) is 16.4 Å². The fourth-order valence-electron chi connectivity index (χ4n) is 1.32. The number of aliphatic carboxylic acids is 1. The third-order valence-electron chi connectivity index (χ3n) is 2.12. The summed E-state index contributed by atoms with van der Waals surface area (Å²) in [5.41, 5.74) is 0.0774. The lowest BCUT2D eigenvalue weighted by molar-refractivity contribution is -0.136. The average Bonchev–Trinajstić information content (AvgIpc) is 2.29. The number of sulfonamides is 2. The number of anilines is 2. The van der Waals surface area contributed by atoms with Gasteiger partial charge in [-0.2, -0.15) is 0 Å². The van der Waals surface area contributed by atoms with Crippen molar-refractivity contribution >= 4 is 49.0 Å². The van der Waals surface area contributed by atoms with E-state index in [1.807, 2.05) is 0 Å². The lowest BCUT2D eigenvalue weighted by Crippen LogP contribution is -2.19. The largest absolute Gasteiger partial charge is 0.481 e. The normalized spacial score (nSPS) is 11.9. The molecule has 0 heterocycles. The molecule has 0 saturated carbocycles.